The number of methoxy groups -OCH3 is 1. The first-order valence-electron chi connectivity index (χ1n) is 7.85. The summed E-state index contributed by atoms with van der Waals surface area (Å²) in [5, 5.41) is 0. The van der Waals surface area contributed by atoms with Gasteiger partial charge in [-0.05, 0) is 37.5 Å². The minimum Gasteiger partial charge on any atom is -0.379 e. The van der Waals surface area contributed by atoms with Gasteiger partial charge in [0.2, 0.25) is 0 Å². The predicted octanol–water partition coefficient (Wildman–Crippen LogP) is 4.42. The highest BCUT2D eigenvalue weighted by Gasteiger charge is 2.29. The van der Waals surface area contributed by atoms with Gasteiger partial charge in [-0.3, -0.25) is 0 Å². The fraction of sp³-hybridized carbons (Fsp3) is 1.00. The Morgan fingerprint density at radius 3 is 2.56 bits per heavy atom. The molecule has 1 rings (SSSR count). The van der Waals surface area contributed by atoms with Crippen LogP contribution in [0.5, 0.6) is 0 Å². The number of hydrogen-bond acceptors (Lipinski definition) is 2. The van der Waals surface area contributed by atoms with E-state index >= 15 is 0 Å². The monoisotopic (exact) mass is 256 g/mol. The Balaban J connectivity index is 2.31. The van der Waals surface area contributed by atoms with Gasteiger partial charge >= 0.3 is 0 Å². The van der Waals surface area contributed by atoms with Crippen molar-refractivity contribution in [1.82, 2.24) is 0 Å². The first kappa shape index (κ1) is 16.0. The minimum atomic E-state index is 0.317. The van der Waals surface area contributed by atoms with Gasteiger partial charge in [0.25, 0.3) is 0 Å². The maximum Gasteiger partial charge on any atom is 0.0836 e. The van der Waals surface area contributed by atoms with Crippen LogP contribution in [0.4, 0.5) is 0 Å². The van der Waals surface area contributed by atoms with Crippen LogP contribution in [0.1, 0.15) is 65.7 Å². The number of ether oxygens (including phenoxy) is 2. The Morgan fingerprint density at radius 1 is 1.17 bits per heavy atom. The molecule has 0 spiro atoms. The summed E-state index contributed by atoms with van der Waals surface area (Å²) in [5.41, 5.74) is 0. The molecular weight excluding hydrogens is 224 g/mol. The Morgan fingerprint density at radius 2 is 1.94 bits per heavy atom. The molecule has 0 bridgehead atoms. The largest absolute Gasteiger partial charge is 0.379 e. The summed E-state index contributed by atoms with van der Waals surface area (Å²) in [7, 11) is 1.83. The highest BCUT2D eigenvalue weighted by Crippen LogP contribution is 2.28. The van der Waals surface area contributed by atoms with Crippen molar-refractivity contribution in [1.29, 1.82) is 0 Å². The first-order chi connectivity index (χ1) is 8.71. The molecule has 0 radical (unpaired) electrons. The smallest absolute Gasteiger partial charge is 0.0836 e. The molecule has 4 atom stereocenters. The lowest BCUT2D eigenvalue weighted by Gasteiger charge is -2.34. The van der Waals surface area contributed by atoms with Gasteiger partial charge in [0.15, 0.2) is 0 Å². The molecule has 0 aromatic carbocycles. The van der Waals surface area contributed by atoms with Crippen molar-refractivity contribution in [3.8, 4) is 0 Å². The van der Waals surface area contributed by atoms with Gasteiger partial charge in [0.1, 0.15) is 0 Å². The summed E-state index contributed by atoms with van der Waals surface area (Å²) in [6.07, 6.45) is 9.44. The molecule has 0 saturated heterocycles. The van der Waals surface area contributed by atoms with E-state index in [1.165, 1.54) is 38.5 Å². The maximum atomic E-state index is 6.16. The fourth-order valence-electron chi connectivity index (χ4n) is 2.90. The van der Waals surface area contributed by atoms with E-state index in [0.29, 0.717) is 12.2 Å². The van der Waals surface area contributed by atoms with E-state index in [0.717, 1.165) is 24.9 Å². The quantitative estimate of drug-likeness (QED) is 0.640. The summed E-state index contributed by atoms with van der Waals surface area (Å²) in [6, 6.07) is 0. The van der Waals surface area contributed by atoms with Gasteiger partial charge in [-0.2, -0.15) is 0 Å². The molecule has 1 saturated carbocycles. The van der Waals surface area contributed by atoms with Crippen molar-refractivity contribution in [2.45, 2.75) is 77.9 Å². The zero-order valence-electron chi connectivity index (χ0n) is 12.8. The van der Waals surface area contributed by atoms with Crippen LogP contribution in [0.3, 0.4) is 0 Å². The fourth-order valence-corrected chi connectivity index (χ4v) is 2.90. The van der Waals surface area contributed by atoms with Crippen LogP contribution in [0, 0.1) is 11.8 Å². The predicted molar refractivity (Wildman–Crippen MR) is 76.9 cm³/mol. The van der Waals surface area contributed by atoms with Crippen LogP contribution < -0.4 is 0 Å². The number of rotatable bonds is 8. The van der Waals surface area contributed by atoms with Crippen LogP contribution in [0.25, 0.3) is 0 Å². The van der Waals surface area contributed by atoms with E-state index in [9.17, 15) is 0 Å². The average molecular weight is 256 g/mol. The molecule has 1 aliphatic carbocycles. The third kappa shape index (κ3) is 5.27. The molecule has 0 heterocycles. The molecule has 108 valence electrons. The molecule has 3 unspecified atom stereocenters. The summed E-state index contributed by atoms with van der Waals surface area (Å²) in [5.74, 6) is 1.53. The van der Waals surface area contributed by atoms with Crippen LogP contribution in [-0.2, 0) is 9.47 Å². The van der Waals surface area contributed by atoms with Crippen molar-refractivity contribution in [2.24, 2.45) is 11.8 Å². The third-order valence-electron chi connectivity index (χ3n) is 4.39. The van der Waals surface area contributed by atoms with Crippen molar-refractivity contribution < 1.29 is 9.47 Å². The molecule has 0 amide bonds. The minimum absolute atomic E-state index is 0.317. The number of hydrogen-bond donors (Lipinski definition) is 0. The van der Waals surface area contributed by atoms with Crippen molar-refractivity contribution in [3.05, 3.63) is 0 Å². The highest BCUT2D eigenvalue weighted by atomic mass is 16.5. The lowest BCUT2D eigenvalue weighted by atomic mass is 9.86. The molecule has 2 nitrogen and oxygen atoms in total. The molecule has 2 heteroatoms. The molecule has 1 aliphatic rings. The van der Waals surface area contributed by atoms with Gasteiger partial charge in [-0.25, -0.2) is 0 Å². The van der Waals surface area contributed by atoms with Gasteiger partial charge in [-0.1, -0.05) is 40.0 Å². The maximum absolute atomic E-state index is 6.16. The third-order valence-corrected chi connectivity index (χ3v) is 4.39. The zero-order valence-corrected chi connectivity index (χ0v) is 12.8. The standard InChI is InChI=1S/C16H32O2/c1-5-7-8-14(6-2)12-18-15-10-9-13(3)11-16(15)17-4/h13-16H,5-12H2,1-4H3/t13?,14?,15-,16?/m0/s1. The lowest BCUT2D eigenvalue weighted by molar-refractivity contribution is -0.0945. The van der Waals surface area contributed by atoms with E-state index in [1.807, 2.05) is 7.11 Å². The first-order valence-corrected chi connectivity index (χ1v) is 7.85. The van der Waals surface area contributed by atoms with Crippen LogP contribution in [-0.4, -0.2) is 25.9 Å². The topological polar surface area (TPSA) is 18.5 Å². The SMILES string of the molecule is CCCCC(CC)CO[C@H]1CCC(C)CC1OC. The van der Waals surface area contributed by atoms with Crippen LogP contribution in [0.15, 0.2) is 0 Å². The van der Waals surface area contributed by atoms with E-state index < -0.39 is 0 Å². The van der Waals surface area contributed by atoms with Crippen LogP contribution >= 0.6 is 0 Å². The second kappa shape index (κ2) is 8.92. The van der Waals surface area contributed by atoms with Gasteiger partial charge in [0.05, 0.1) is 12.2 Å². The Hall–Kier alpha value is -0.0800. The van der Waals surface area contributed by atoms with E-state index in [4.69, 9.17) is 9.47 Å². The Labute approximate surface area is 113 Å². The van der Waals surface area contributed by atoms with E-state index in [1.54, 1.807) is 0 Å². The van der Waals surface area contributed by atoms with Crippen molar-refractivity contribution in [2.75, 3.05) is 13.7 Å². The summed E-state index contributed by atoms with van der Waals surface area (Å²) in [4.78, 5) is 0. The van der Waals surface area contributed by atoms with Crippen molar-refractivity contribution >= 4 is 0 Å². The van der Waals surface area contributed by atoms with Gasteiger partial charge in [-0.15, -0.1) is 0 Å². The Bertz CT molecular complexity index is 205. The summed E-state index contributed by atoms with van der Waals surface area (Å²) >= 11 is 0. The van der Waals surface area contributed by atoms with E-state index in [2.05, 4.69) is 20.8 Å². The van der Waals surface area contributed by atoms with Gasteiger partial charge < -0.3 is 9.47 Å². The lowest BCUT2D eigenvalue weighted by Crippen LogP contribution is -2.37. The molecule has 18 heavy (non-hydrogen) atoms. The second-order valence-corrected chi connectivity index (χ2v) is 5.98. The summed E-state index contributed by atoms with van der Waals surface area (Å²) < 4.78 is 11.8. The number of unbranched alkanes of at least 4 members (excludes halogenated alkanes) is 1. The highest BCUT2D eigenvalue weighted by molar-refractivity contribution is 4.80. The van der Waals surface area contributed by atoms with Crippen LogP contribution in [0.2, 0.25) is 0 Å². The average Bonchev–Trinajstić information content (AvgIpc) is 2.40. The zero-order chi connectivity index (χ0) is 13.4. The van der Waals surface area contributed by atoms with Crippen molar-refractivity contribution in [3.63, 3.8) is 0 Å². The molecular formula is C16H32O2. The molecule has 0 aliphatic heterocycles. The second-order valence-electron chi connectivity index (χ2n) is 5.98. The van der Waals surface area contributed by atoms with E-state index in [-0.39, 0.29) is 0 Å². The van der Waals surface area contributed by atoms with Gasteiger partial charge in [0, 0.05) is 13.7 Å². The molecule has 1 fully saturated rings. The molecule has 0 aromatic rings. The molecule has 0 N–H and O–H groups in total. The Kier molecular flexibility index (Phi) is 7.92. The normalized spacial score (nSPS) is 30.3. The molecule has 0 aromatic heterocycles. The summed E-state index contributed by atoms with van der Waals surface area (Å²) in [6.45, 7) is 7.78.